The number of hydrogen-bond acceptors (Lipinski definition) is 4. The van der Waals surface area contributed by atoms with Crippen LogP contribution < -0.4 is 5.32 Å². The Balaban J connectivity index is 1.88. The van der Waals surface area contributed by atoms with Crippen molar-refractivity contribution in [3.8, 4) is 0 Å². The minimum atomic E-state index is -0.203. The molecule has 0 bridgehead atoms. The summed E-state index contributed by atoms with van der Waals surface area (Å²) in [6.07, 6.45) is 3.44. The zero-order chi connectivity index (χ0) is 16.4. The Labute approximate surface area is 134 Å². The molecule has 120 valence electrons. The van der Waals surface area contributed by atoms with Crippen LogP contribution in [0.2, 0.25) is 0 Å². The summed E-state index contributed by atoms with van der Waals surface area (Å²) in [7, 11) is 3.45. The number of nitrogens with one attached hydrogen (secondary N) is 1. The summed E-state index contributed by atoms with van der Waals surface area (Å²) in [6, 6.07) is 6.72. The number of carbonyl (C=O) groups excluding carboxylic acids is 2. The highest BCUT2D eigenvalue weighted by Crippen LogP contribution is 2.31. The Morgan fingerprint density at radius 2 is 2.09 bits per heavy atom. The van der Waals surface area contributed by atoms with E-state index >= 15 is 0 Å². The number of rotatable bonds is 3. The Kier molecular flexibility index (Phi) is 4.10. The molecule has 1 aliphatic rings. The van der Waals surface area contributed by atoms with Gasteiger partial charge in [0.15, 0.2) is 5.82 Å². The van der Waals surface area contributed by atoms with Gasteiger partial charge in [0.1, 0.15) is 6.33 Å². The van der Waals surface area contributed by atoms with Gasteiger partial charge in [0, 0.05) is 31.8 Å². The molecule has 3 rings (SSSR count). The van der Waals surface area contributed by atoms with Gasteiger partial charge in [-0.15, -0.1) is 10.2 Å². The second-order valence-electron chi connectivity index (χ2n) is 5.62. The van der Waals surface area contributed by atoms with Crippen molar-refractivity contribution in [3.05, 3.63) is 47.5 Å². The Morgan fingerprint density at radius 1 is 1.30 bits per heavy atom. The average molecular weight is 313 g/mol. The van der Waals surface area contributed by atoms with Crippen molar-refractivity contribution in [3.63, 3.8) is 0 Å². The van der Waals surface area contributed by atoms with E-state index in [9.17, 15) is 9.59 Å². The summed E-state index contributed by atoms with van der Waals surface area (Å²) >= 11 is 0. The van der Waals surface area contributed by atoms with Gasteiger partial charge in [-0.05, 0) is 31.0 Å². The lowest BCUT2D eigenvalue weighted by Crippen LogP contribution is -2.32. The third-order valence-corrected chi connectivity index (χ3v) is 4.16. The largest absolute Gasteiger partial charge is 0.355 e. The second-order valence-corrected chi connectivity index (χ2v) is 5.62. The lowest BCUT2D eigenvalue weighted by Gasteiger charge is -2.24. The molecule has 1 aliphatic heterocycles. The molecule has 2 aromatic rings. The zero-order valence-electron chi connectivity index (χ0n) is 13.2. The van der Waals surface area contributed by atoms with Gasteiger partial charge in [-0.3, -0.25) is 9.59 Å². The van der Waals surface area contributed by atoms with Crippen LogP contribution in [-0.2, 0) is 7.05 Å². The topological polar surface area (TPSA) is 80.1 Å². The van der Waals surface area contributed by atoms with Crippen molar-refractivity contribution in [1.82, 2.24) is 25.0 Å². The maximum absolute atomic E-state index is 12.9. The molecule has 1 N–H and O–H groups in total. The predicted octanol–water partition coefficient (Wildman–Crippen LogP) is 1.15. The maximum atomic E-state index is 12.9. The number of aryl methyl sites for hydroxylation is 1. The summed E-state index contributed by atoms with van der Waals surface area (Å²) in [5, 5.41) is 10.6. The lowest BCUT2D eigenvalue weighted by molar-refractivity contribution is 0.0728. The molecular formula is C16H19N5O2. The molecule has 1 aromatic heterocycles. The minimum absolute atomic E-state index is 0.0707. The van der Waals surface area contributed by atoms with Crippen LogP contribution in [0.4, 0.5) is 0 Å². The van der Waals surface area contributed by atoms with Gasteiger partial charge in [-0.1, -0.05) is 6.07 Å². The molecule has 7 heteroatoms. The molecule has 0 radical (unpaired) electrons. The Hall–Kier alpha value is -2.70. The summed E-state index contributed by atoms with van der Waals surface area (Å²) in [6.45, 7) is 0.681. The second kappa shape index (κ2) is 6.20. The van der Waals surface area contributed by atoms with Gasteiger partial charge < -0.3 is 14.8 Å². The van der Waals surface area contributed by atoms with Crippen molar-refractivity contribution >= 4 is 11.8 Å². The van der Waals surface area contributed by atoms with Crippen LogP contribution in [0.1, 0.15) is 45.4 Å². The number of likely N-dealkylation sites (tertiary alicyclic amines) is 1. The molecule has 7 nitrogen and oxygen atoms in total. The van der Waals surface area contributed by atoms with E-state index in [1.807, 2.05) is 16.5 Å². The fourth-order valence-electron chi connectivity index (χ4n) is 2.98. The molecule has 1 fully saturated rings. The first-order chi connectivity index (χ1) is 11.1. The van der Waals surface area contributed by atoms with Gasteiger partial charge >= 0.3 is 0 Å². The fourth-order valence-corrected chi connectivity index (χ4v) is 2.98. The Bertz CT molecular complexity index is 740. The van der Waals surface area contributed by atoms with E-state index in [0.717, 1.165) is 18.7 Å². The number of amides is 2. The van der Waals surface area contributed by atoms with E-state index in [1.54, 1.807) is 37.6 Å². The molecule has 0 spiro atoms. The van der Waals surface area contributed by atoms with Crippen molar-refractivity contribution in [2.75, 3.05) is 13.6 Å². The molecule has 1 aromatic carbocycles. The first-order valence-electron chi connectivity index (χ1n) is 7.59. The van der Waals surface area contributed by atoms with Crippen molar-refractivity contribution < 1.29 is 9.59 Å². The van der Waals surface area contributed by atoms with Crippen LogP contribution >= 0.6 is 0 Å². The number of benzene rings is 1. The SMILES string of the molecule is CNC(=O)c1cccc(C(=O)N2CCCC2c2nncn2C)c1. The number of aromatic nitrogens is 3. The van der Waals surface area contributed by atoms with Crippen LogP contribution in [-0.4, -0.2) is 45.1 Å². The summed E-state index contributed by atoms with van der Waals surface area (Å²) in [5.41, 5.74) is 0.993. The standard InChI is InChI=1S/C16H19N5O2/c1-17-15(22)11-5-3-6-12(9-11)16(23)21-8-4-7-13(21)14-19-18-10-20(14)2/h3,5-6,9-10,13H,4,7-8H2,1-2H3,(H,17,22). The highest BCUT2D eigenvalue weighted by molar-refractivity contribution is 5.99. The van der Waals surface area contributed by atoms with Gasteiger partial charge in [0.25, 0.3) is 11.8 Å². The molecule has 1 saturated heterocycles. The quantitative estimate of drug-likeness (QED) is 0.922. The molecular weight excluding hydrogens is 294 g/mol. The smallest absolute Gasteiger partial charge is 0.254 e. The van der Waals surface area contributed by atoms with E-state index < -0.39 is 0 Å². The molecule has 2 heterocycles. The summed E-state index contributed by atoms with van der Waals surface area (Å²) in [5.74, 6) is 0.505. The monoisotopic (exact) mass is 313 g/mol. The minimum Gasteiger partial charge on any atom is -0.355 e. The van der Waals surface area contributed by atoms with Crippen LogP contribution in [0.15, 0.2) is 30.6 Å². The van der Waals surface area contributed by atoms with Gasteiger partial charge in [0.05, 0.1) is 6.04 Å². The normalized spacial score (nSPS) is 17.3. The van der Waals surface area contributed by atoms with Crippen LogP contribution in [0.3, 0.4) is 0 Å². The van der Waals surface area contributed by atoms with E-state index in [0.29, 0.717) is 17.7 Å². The molecule has 0 saturated carbocycles. The maximum Gasteiger partial charge on any atom is 0.254 e. The molecule has 1 atom stereocenters. The Morgan fingerprint density at radius 3 is 2.78 bits per heavy atom. The van der Waals surface area contributed by atoms with E-state index in [2.05, 4.69) is 15.5 Å². The van der Waals surface area contributed by atoms with Crippen LogP contribution in [0.25, 0.3) is 0 Å². The van der Waals surface area contributed by atoms with Crippen molar-refractivity contribution in [2.24, 2.45) is 7.05 Å². The first kappa shape index (κ1) is 15.2. The lowest BCUT2D eigenvalue weighted by atomic mass is 10.1. The zero-order valence-corrected chi connectivity index (χ0v) is 13.2. The van der Waals surface area contributed by atoms with E-state index in [1.165, 1.54) is 0 Å². The predicted molar refractivity (Wildman–Crippen MR) is 83.8 cm³/mol. The third-order valence-electron chi connectivity index (χ3n) is 4.16. The molecule has 2 amide bonds. The summed E-state index contributed by atoms with van der Waals surface area (Å²) in [4.78, 5) is 26.4. The van der Waals surface area contributed by atoms with Crippen molar-refractivity contribution in [1.29, 1.82) is 0 Å². The molecule has 23 heavy (non-hydrogen) atoms. The third kappa shape index (κ3) is 2.81. The van der Waals surface area contributed by atoms with Gasteiger partial charge in [0.2, 0.25) is 0 Å². The number of nitrogens with zero attached hydrogens (tertiary/aromatic N) is 4. The first-order valence-corrected chi connectivity index (χ1v) is 7.59. The average Bonchev–Trinajstić information content (AvgIpc) is 3.21. The molecule has 0 aliphatic carbocycles. The molecule has 1 unspecified atom stereocenters. The van der Waals surface area contributed by atoms with Crippen LogP contribution in [0, 0.1) is 0 Å². The number of hydrogen-bond donors (Lipinski definition) is 1. The summed E-state index contributed by atoms with van der Waals surface area (Å²) < 4.78 is 1.84. The van der Waals surface area contributed by atoms with Crippen LogP contribution in [0.5, 0.6) is 0 Å². The highest BCUT2D eigenvalue weighted by atomic mass is 16.2. The van der Waals surface area contributed by atoms with Crippen molar-refractivity contribution in [2.45, 2.75) is 18.9 Å². The van der Waals surface area contributed by atoms with E-state index in [-0.39, 0.29) is 17.9 Å². The van der Waals surface area contributed by atoms with Gasteiger partial charge in [-0.25, -0.2) is 0 Å². The van der Waals surface area contributed by atoms with Gasteiger partial charge in [-0.2, -0.15) is 0 Å². The fraction of sp³-hybridized carbons (Fsp3) is 0.375. The van der Waals surface area contributed by atoms with E-state index in [4.69, 9.17) is 0 Å². The highest BCUT2D eigenvalue weighted by Gasteiger charge is 2.33. The number of carbonyl (C=O) groups is 2.